The van der Waals surface area contributed by atoms with Crippen molar-refractivity contribution in [2.45, 2.75) is 58.6 Å². The largest absolute Gasteiger partial charge is 0.444 e. The van der Waals surface area contributed by atoms with Gasteiger partial charge in [0.1, 0.15) is 39.5 Å². The number of hydrogen-bond acceptors (Lipinski definition) is 11. The van der Waals surface area contributed by atoms with Gasteiger partial charge in [0.15, 0.2) is 5.13 Å². The standard InChI is InChI=1S/C38H41FN10O3S/c1-6-29-34(46(5)36-45-32(30(17-40)53-36)23-7-10-27(39)11-8-23)49-22-24(9-12-31(49)44-29)25-18-41-35(42-19-25)48-20-26(21-48)33(50)43-28-13-15-47(16-14-28)37(51)52-38(2,3)4/h7-12,18-19,22,26,28H,6,13-16,20-21H2,1-5H3,(H,43,50). The molecule has 0 aliphatic carbocycles. The summed E-state index contributed by atoms with van der Waals surface area (Å²) in [7, 11) is 1.90. The smallest absolute Gasteiger partial charge is 0.410 e. The second-order valence-electron chi connectivity index (χ2n) is 14.4. The number of imidazole rings is 1. The molecule has 274 valence electrons. The first kappa shape index (κ1) is 35.8. The van der Waals surface area contributed by atoms with Gasteiger partial charge in [-0.15, -0.1) is 0 Å². The first-order valence-electron chi connectivity index (χ1n) is 17.7. The molecule has 0 unspecified atom stereocenters. The molecule has 2 aliphatic heterocycles. The van der Waals surface area contributed by atoms with Crippen LogP contribution in [-0.4, -0.2) is 86.1 Å². The van der Waals surface area contributed by atoms with Crippen LogP contribution in [0.2, 0.25) is 0 Å². The summed E-state index contributed by atoms with van der Waals surface area (Å²) in [5.41, 5.74) is 3.99. The summed E-state index contributed by atoms with van der Waals surface area (Å²) in [5.74, 6) is 0.903. The summed E-state index contributed by atoms with van der Waals surface area (Å²) < 4.78 is 21.1. The molecule has 4 aromatic heterocycles. The summed E-state index contributed by atoms with van der Waals surface area (Å²) in [4.78, 5) is 50.4. The Hall–Kier alpha value is -5.62. The van der Waals surface area contributed by atoms with Crippen molar-refractivity contribution >= 4 is 45.9 Å². The number of carbonyl (C=O) groups excluding carboxylic acids is 2. The molecule has 53 heavy (non-hydrogen) atoms. The fourth-order valence-electron chi connectivity index (χ4n) is 6.56. The number of fused-ring (bicyclic) bond motifs is 1. The average molecular weight is 737 g/mol. The average Bonchev–Trinajstić information content (AvgIpc) is 3.72. The maximum absolute atomic E-state index is 13.6. The van der Waals surface area contributed by atoms with E-state index >= 15 is 0 Å². The molecule has 2 aliphatic rings. The van der Waals surface area contributed by atoms with E-state index in [1.165, 1.54) is 23.5 Å². The van der Waals surface area contributed by atoms with Gasteiger partial charge in [0, 0.05) is 74.5 Å². The summed E-state index contributed by atoms with van der Waals surface area (Å²) in [6.07, 6.45) is 7.32. The van der Waals surface area contributed by atoms with E-state index in [1.807, 2.05) is 67.3 Å². The third-order valence-corrected chi connectivity index (χ3v) is 10.5. The lowest BCUT2D eigenvalue weighted by Crippen LogP contribution is -2.57. The highest BCUT2D eigenvalue weighted by molar-refractivity contribution is 7.16. The highest BCUT2D eigenvalue weighted by Gasteiger charge is 2.36. The third kappa shape index (κ3) is 7.50. The van der Waals surface area contributed by atoms with Crippen LogP contribution < -0.4 is 15.1 Å². The van der Waals surface area contributed by atoms with E-state index in [1.54, 1.807) is 29.4 Å². The van der Waals surface area contributed by atoms with E-state index in [-0.39, 0.29) is 29.8 Å². The van der Waals surface area contributed by atoms with Gasteiger partial charge in [-0.05, 0) is 76.4 Å². The Balaban J connectivity index is 1.00. The molecule has 13 nitrogen and oxygen atoms in total. The number of benzene rings is 1. The van der Waals surface area contributed by atoms with Crippen LogP contribution in [0.15, 0.2) is 55.0 Å². The molecule has 2 saturated heterocycles. The van der Waals surface area contributed by atoms with Crippen LogP contribution in [0.1, 0.15) is 51.1 Å². The van der Waals surface area contributed by atoms with Gasteiger partial charge in [0.25, 0.3) is 0 Å². The van der Waals surface area contributed by atoms with Gasteiger partial charge in [0.05, 0.1) is 11.6 Å². The summed E-state index contributed by atoms with van der Waals surface area (Å²) in [6, 6.07) is 12.2. The molecule has 5 aromatic rings. The van der Waals surface area contributed by atoms with E-state index in [9.17, 15) is 19.2 Å². The van der Waals surface area contributed by atoms with Crippen LogP contribution in [-0.2, 0) is 16.0 Å². The molecular formula is C38H41FN10O3S. The Morgan fingerprint density at radius 3 is 2.36 bits per heavy atom. The maximum Gasteiger partial charge on any atom is 0.410 e. The third-order valence-electron chi connectivity index (χ3n) is 9.44. The van der Waals surface area contributed by atoms with E-state index in [0.717, 1.165) is 28.3 Å². The molecule has 2 fully saturated rings. The zero-order valence-corrected chi connectivity index (χ0v) is 31.2. The molecule has 0 bridgehead atoms. The first-order valence-corrected chi connectivity index (χ1v) is 18.5. The number of nitriles is 1. The number of aromatic nitrogens is 5. The number of pyridine rings is 1. The second kappa shape index (κ2) is 14.4. The fourth-order valence-corrected chi connectivity index (χ4v) is 7.41. The second-order valence-corrected chi connectivity index (χ2v) is 15.3. The number of thiazole rings is 1. The number of aryl methyl sites for hydroxylation is 1. The minimum atomic E-state index is -0.536. The van der Waals surface area contributed by atoms with Crippen molar-refractivity contribution in [1.29, 1.82) is 5.26 Å². The zero-order chi connectivity index (χ0) is 37.4. The van der Waals surface area contributed by atoms with E-state index in [0.29, 0.717) is 72.7 Å². The molecule has 1 N–H and O–H groups in total. The number of rotatable bonds is 8. The van der Waals surface area contributed by atoms with Gasteiger partial charge in [-0.3, -0.25) is 9.20 Å². The van der Waals surface area contributed by atoms with E-state index in [4.69, 9.17) is 14.7 Å². The minimum absolute atomic E-state index is 0.0164. The van der Waals surface area contributed by atoms with E-state index < -0.39 is 5.60 Å². The predicted octanol–water partition coefficient (Wildman–Crippen LogP) is 6.21. The van der Waals surface area contributed by atoms with Gasteiger partial charge in [0.2, 0.25) is 11.9 Å². The number of likely N-dealkylation sites (tertiary alicyclic amines) is 1. The Kier molecular flexibility index (Phi) is 9.73. The molecule has 0 saturated carbocycles. The zero-order valence-electron chi connectivity index (χ0n) is 30.3. The minimum Gasteiger partial charge on any atom is -0.444 e. The van der Waals surface area contributed by atoms with Crippen molar-refractivity contribution in [3.63, 3.8) is 0 Å². The van der Waals surface area contributed by atoms with E-state index in [2.05, 4.69) is 21.4 Å². The van der Waals surface area contributed by atoms with Gasteiger partial charge in [-0.1, -0.05) is 18.3 Å². The fraction of sp³-hybridized carbons (Fsp3) is 0.395. The quantitative estimate of drug-likeness (QED) is 0.195. The van der Waals surface area contributed by atoms with Gasteiger partial charge < -0.3 is 24.8 Å². The lowest BCUT2D eigenvalue weighted by atomic mass is 9.97. The van der Waals surface area contributed by atoms with Crippen LogP contribution in [0.3, 0.4) is 0 Å². The van der Waals surface area contributed by atoms with Crippen LogP contribution >= 0.6 is 11.3 Å². The van der Waals surface area contributed by atoms with Crippen molar-refractivity contribution in [3.8, 4) is 28.5 Å². The number of hydrogen-bond donors (Lipinski definition) is 1. The molecule has 2 amide bonds. The number of piperidine rings is 1. The molecule has 15 heteroatoms. The highest BCUT2D eigenvalue weighted by atomic mass is 32.1. The first-order chi connectivity index (χ1) is 25.4. The molecular weight excluding hydrogens is 696 g/mol. The van der Waals surface area contributed by atoms with Crippen LogP contribution in [0, 0.1) is 23.1 Å². The van der Waals surface area contributed by atoms with Crippen molar-refractivity contribution in [3.05, 3.63) is 71.4 Å². The SMILES string of the molecule is CCc1nc2ccc(-c3cnc(N4CC(C(=O)NC5CCN(C(=O)OC(C)(C)C)CC5)C4)nc3)cn2c1N(C)c1nc(-c2ccc(F)cc2)c(C#N)s1. The number of nitrogens with one attached hydrogen (secondary N) is 1. The maximum atomic E-state index is 13.6. The van der Waals surface area contributed by atoms with Gasteiger partial charge in [-0.25, -0.2) is 29.1 Å². The number of halogens is 1. The van der Waals surface area contributed by atoms with Crippen molar-refractivity contribution in [2.75, 3.05) is 43.0 Å². The van der Waals surface area contributed by atoms with Crippen molar-refractivity contribution in [2.24, 2.45) is 5.92 Å². The number of anilines is 3. The van der Waals surface area contributed by atoms with Crippen molar-refractivity contribution in [1.82, 2.24) is 34.6 Å². The molecule has 0 radical (unpaired) electrons. The lowest BCUT2D eigenvalue weighted by molar-refractivity contribution is -0.126. The molecule has 0 spiro atoms. The predicted molar refractivity (Wildman–Crippen MR) is 201 cm³/mol. The highest BCUT2D eigenvalue weighted by Crippen LogP contribution is 2.37. The Labute approximate surface area is 311 Å². The Morgan fingerprint density at radius 1 is 1.04 bits per heavy atom. The van der Waals surface area contributed by atoms with Crippen LogP contribution in [0.5, 0.6) is 0 Å². The Bertz CT molecular complexity index is 2170. The van der Waals surface area contributed by atoms with Gasteiger partial charge >= 0.3 is 6.09 Å². The number of carbonyl (C=O) groups is 2. The van der Waals surface area contributed by atoms with Crippen LogP contribution in [0.25, 0.3) is 28.0 Å². The molecule has 7 rings (SSSR count). The van der Waals surface area contributed by atoms with Crippen molar-refractivity contribution < 1.29 is 18.7 Å². The number of nitrogens with zero attached hydrogens (tertiary/aromatic N) is 9. The number of ether oxygens (including phenoxy) is 1. The molecule has 0 atom stereocenters. The summed E-state index contributed by atoms with van der Waals surface area (Å²) in [5, 5.41) is 13.7. The number of amides is 2. The molecule has 1 aromatic carbocycles. The van der Waals surface area contributed by atoms with Crippen LogP contribution in [0.4, 0.5) is 26.1 Å². The monoisotopic (exact) mass is 736 g/mol. The van der Waals surface area contributed by atoms with Gasteiger partial charge in [-0.2, -0.15) is 5.26 Å². The lowest BCUT2D eigenvalue weighted by Gasteiger charge is -2.39. The Morgan fingerprint density at radius 2 is 1.72 bits per heavy atom. The topological polar surface area (TPSA) is 145 Å². The summed E-state index contributed by atoms with van der Waals surface area (Å²) in [6.45, 7) is 9.77. The summed E-state index contributed by atoms with van der Waals surface area (Å²) >= 11 is 1.27. The normalized spacial score (nSPS) is 15.3. The molecule has 6 heterocycles.